The maximum Gasteiger partial charge on any atom is 0.271 e. The Labute approximate surface area is 137 Å². The van der Waals surface area contributed by atoms with Gasteiger partial charge in [0.2, 0.25) is 0 Å². The Hall–Kier alpha value is -2.42. The van der Waals surface area contributed by atoms with Crippen LogP contribution >= 0.6 is 0 Å². The van der Waals surface area contributed by atoms with Crippen LogP contribution in [0.2, 0.25) is 0 Å². The van der Waals surface area contributed by atoms with E-state index < -0.39 is 0 Å². The SMILES string of the molecule is CC1CCCC(=NNC(=O)c2ccc(-c3ccccc3)cc2)C1. The van der Waals surface area contributed by atoms with Crippen LogP contribution < -0.4 is 5.43 Å². The van der Waals surface area contributed by atoms with E-state index in [0.29, 0.717) is 11.5 Å². The van der Waals surface area contributed by atoms with Crippen LogP contribution in [-0.4, -0.2) is 11.6 Å². The Balaban J connectivity index is 1.65. The number of nitrogens with one attached hydrogen (secondary N) is 1. The van der Waals surface area contributed by atoms with Gasteiger partial charge in [0.25, 0.3) is 5.91 Å². The standard InChI is InChI=1S/C20H22N2O/c1-15-6-5-9-19(14-15)21-22-20(23)18-12-10-17(11-13-18)16-7-3-2-4-8-16/h2-4,7-8,10-13,15H,5-6,9,14H2,1H3,(H,22,23). The van der Waals surface area contributed by atoms with Crippen molar-refractivity contribution >= 4 is 11.6 Å². The molecule has 0 bridgehead atoms. The Kier molecular flexibility index (Phi) is 4.86. The van der Waals surface area contributed by atoms with E-state index in [-0.39, 0.29) is 5.91 Å². The van der Waals surface area contributed by atoms with Gasteiger partial charge in [-0.05, 0) is 54.9 Å². The third kappa shape index (κ3) is 4.07. The topological polar surface area (TPSA) is 41.5 Å². The number of carbonyl (C=O) groups excluding carboxylic acids is 1. The molecule has 0 saturated heterocycles. The summed E-state index contributed by atoms with van der Waals surface area (Å²) in [6.07, 6.45) is 4.42. The van der Waals surface area contributed by atoms with Crippen molar-refractivity contribution in [3.05, 3.63) is 60.2 Å². The first-order valence-electron chi connectivity index (χ1n) is 8.23. The van der Waals surface area contributed by atoms with Crippen molar-refractivity contribution in [3.8, 4) is 11.1 Å². The maximum absolute atomic E-state index is 12.2. The summed E-state index contributed by atoms with van der Waals surface area (Å²) in [4.78, 5) is 12.2. The predicted octanol–water partition coefficient (Wildman–Crippen LogP) is 4.65. The van der Waals surface area contributed by atoms with Crippen LogP contribution in [0.4, 0.5) is 0 Å². The first-order valence-corrected chi connectivity index (χ1v) is 8.23. The summed E-state index contributed by atoms with van der Waals surface area (Å²) in [5, 5.41) is 4.31. The van der Waals surface area contributed by atoms with Gasteiger partial charge in [0.15, 0.2) is 0 Å². The van der Waals surface area contributed by atoms with Gasteiger partial charge in [-0.2, -0.15) is 5.10 Å². The molecule has 0 radical (unpaired) electrons. The van der Waals surface area contributed by atoms with Gasteiger partial charge < -0.3 is 0 Å². The normalized spacial score (nSPS) is 19.5. The molecule has 2 aromatic carbocycles. The second-order valence-corrected chi connectivity index (χ2v) is 6.26. The summed E-state index contributed by atoms with van der Waals surface area (Å²) < 4.78 is 0. The molecule has 23 heavy (non-hydrogen) atoms. The molecule has 1 amide bonds. The molecule has 1 fully saturated rings. The molecule has 1 aliphatic carbocycles. The molecule has 0 aliphatic heterocycles. The van der Waals surface area contributed by atoms with E-state index in [0.717, 1.165) is 29.7 Å². The number of carbonyl (C=O) groups is 1. The molecule has 3 rings (SSSR count). The number of hydrazone groups is 1. The number of hydrogen-bond donors (Lipinski definition) is 1. The lowest BCUT2D eigenvalue weighted by molar-refractivity contribution is 0.0954. The summed E-state index contributed by atoms with van der Waals surface area (Å²) in [6, 6.07) is 17.8. The van der Waals surface area contributed by atoms with E-state index in [4.69, 9.17) is 0 Å². The van der Waals surface area contributed by atoms with Gasteiger partial charge in [-0.25, -0.2) is 5.43 Å². The third-order valence-corrected chi connectivity index (χ3v) is 4.32. The van der Waals surface area contributed by atoms with E-state index in [2.05, 4.69) is 29.6 Å². The van der Waals surface area contributed by atoms with Gasteiger partial charge in [-0.15, -0.1) is 0 Å². The zero-order chi connectivity index (χ0) is 16.1. The highest BCUT2D eigenvalue weighted by molar-refractivity contribution is 5.96. The van der Waals surface area contributed by atoms with Crippen LogP contribution in [0, 0.1) is 5.92 Å². The minimum atomic E-state index is -0.143. The zero-order valence-electron chi connectivity index (χ0n) is 13.5. The molecule has 1 saturated carbocycles. The molecule has 1 aliphatic rings. The third-order valence-electron chi connectivity index (χ3n) is 4.32. The molecule has 118 valence electrons. The smallest absolute Gasteiger partial charge is 0.267 e. The number of amides is 1. The van der Waals surface area contributed by atoms with Gasteiger partial charge in [0, 0.05) is 11.3 Å². The van der Waals surface area contributed by atoms with Crippen LogP contribution in [0.25, 0.3) is 11.1 Å². The minimum absolute atomic E-state index is 0.143. The fraction of sp³-hybridized carbons (Fsp3) is 0.300. The van der Waals surface area contributed by atoms with Gasteiger partial charge in [-0.1, -0.05) is 49.4 Å². The second kappa shape index (κ2) is 7.23. The maximum atomic E-state index is 12.2. The molecule has 0 spiro atoms. The molecular formula is C20H22N2O. The summed E-state index contributed by atoms with van der Waals surface area (Å²) >= 11 is 0. The first kappa shape index (κ1) is 15.5. The first-order chi connectivity index (χ1) is 11.2. The van der Waals surface area contributed by atoms with Crippen molar-refractivity contribution < 1.29 is 4.79 Å². The molecule has 3 heteroatoms. The highest BCUT2D eigenvalue weighted by atomic mass is 16.2. The summed E-state index contributed by atoms with van der Waals surface area (Å²) in [6.45, 7) is 2.23. The van der Waals surface area contributed by atoms with Crippen molar-refractivity contribution in [1.29, 1.82) is 0 Å². The lowest BCUT2D eigenvalue weighted by atomic mass is 9.89. The van der Waals surface area contributed by atoms with Crippen molar-refractivity contribution in [3.63, 3.8) is 0 Å². The monoisotopic (exact) mass is 306 g/mol. The van der Waals surface area contributed by atoms with Crippen molar-refractivity contribution in [1.82, 2.24) is 5.43 Å². The highest BCUT2D eigenvalue weighted by Gasteiger charge is 2.14. The molecule has 3 nitrogen and oxygen atoms in total. The van der Waals surface area contributed by atoms with Crippen LogP contribution in [-0.2, 0) is 0 Å². The van der Waals surface area contributed by atoms with Crippen LogP contribution in [0.1, 0.15) is 43.0 Å². The Morgan fingerprint density at radius 1 is 1.04 bits per heavy atom. The van der Waals surface area contributed by atoms with Crippen molar-refractivity contribution in [2.75, 3.05) is 0 Å². The minimum Gasteiger partial charge on any atom is -0.267 e. The van der Waals surface area contributed by atoms with Crippen molar-refractivity contribution in [2.45, 2.75) is 32.6 Å². The van der Waals surface area contributed by atoms with Crippen molar-refractivity contribution in [2.24, 2.45) is 11.0 Å². The molecule has 0 aromatic heterocycles. The molecular weight excluding hydrogens is 284 g/mol. The van der Waals surface area contributed by atoms with E-state index in [1.807, 2.05) is 42.5 Å². The van der Waals surface area contributed by atoms with E-state index in [9.17, 15) is 4.79 Å². The lowest BCUT2D eigenvalue weighted by Gasteiger charge is -2.18. The van der Waals surface area contributed by atoms with Crippen LogP contribution in [0.15, 0.2) is 59.7 Å². The lowest BCUT2D eigenvalue weighted by Crippen LogP contribution is -2.22. The Morgan fingerprint density at radius 2 is 1.74 bits per heavy atom. The number of hydrogen-bond acceptors (Lipinski definition) is 2. The molecule has 1 atom stereocenters. The summed E-state index contributed by atoms with van der Waals surface area (Å²) in [5.74, 6) is 0.528. The zero-order valence-corrected chi connectivity index (χ0v) is 13.5. The number of benzene rings is 2. The molecule has 2 aromatic rings. The van der Waals surface area contributed by atoms with E-state index in [1.165, 1.54) is 12.8 Å². The molecule has 1 unspecified atom stereocenters. The fourth-order valence-corrected chi connectivity index (χ4v) is 3.00. The van der Waals surface area contributed by atoms with E-state index >= 15 is 0 Å². The highest BCUT2D eigenvalue weighted by Crippen LogP contribution is 2.21. The average molecular weight is 306 g/mol. The largest absolute Gasteiger partial charge is 0.271 e. The van der Waals surface area contributed by atoms with Gasteiger partial charge in [0.1, 0.15) is 0 Å². The molecule has 1 N–H and O–H groups in total. The van der Waals surface area contributed by atoms with Crippen LogP contribution in [0.3, 0.4) is 0 Å². The van der Waals surface area contributed by atoms with Gasteiger partial charge in [-0.3, -0.25) is 4.79 Å². The van der Waals surface area contributed by atoms with E-state index in [1.54, 1.807) is 0 Å². The molecule has 0 heterocycles. The second-order valence-electron chi connectivity index (χ2n) is 6.26. The fourth-order valence-electron chi connectivity index (χ4n) is 3.00. The summed E-state index contributed by atoms with van der Waals surface area (Å²) in [5.41, 5.74) is 6.70. The number of rotatable bonds is 3. The van der Waals surface area contributed by atoms with Gasteiger partial charge in [0.05, 0.1) is 0 Å². The van der Waals surface area contributed by atoms with Gasteiger partial charge >= 0.3 is 0 Å². The van der Waals surface area contributed by atoms with Crippen LogP contribution in [0.5, 0.6) is 0 Å². The quantitative estimate of drug-likeness (QED) is 0.824. The average Bonchev–Trinajstić information content (AvgIpc) is 2.61. The summed E-state index contributed by atoms with van der Waals surface area (Å²) in [7, 11) is 0. The Bertz CT molecular complexity index is 689. The number of nitrogens with zero attached hydrogens (tertiary/aromatic N) is 1. The predicted molar refractivity (Wildman–Crippen MR) is 94.4 cm³/mol. The Morgan fingerprint density at radius 3 is 2.43 bits per heavy atom.